The molecule has 1 aliphatic heterocycles. The smallest absolute Gasteiger partial charge is 0.312 e. The van der Waals surface area contributed by atoms with Gasteiger partial charge in [-0.1, -0.05) is 32.4 Å². The van der Waals surface area contributed by atoms with Crippen LogP contribution in [0.2, 0.25) is 0 Å². The molecule has 234 valence electrons. The van der Waals surface area contributed by atoms with Crippen LogP contribution in [0.4, 0.5) is 10.5 Å². The van der Waals surface area contributed by atoms with Crippen molar-refractivity contribution in [3.05, 3.63) is 42.0 Å². The fraction of sp³-hybridized carbons (Fsp3) is 0.483. The first-order valence-electron chi connectivity index (χ1n) is 14.1. The quantitative estimate of drug-likeness (QED) is 0.0872. The van der Waals surface area contributed by atoms with Gasteiger partial charge in [0.2, 0.25) is 17.7 Å². The van der Waals surface area contributed by atoms with Crippen molar-refractivity contribution in [1.29, 1.82) is 0 Å². The molecule has 0 saturated heterocycles. The maximum atomic E-state index is 13.2. The van der Waals surface area contributed by atoms with Crippen molar-refractivity contribution in [2.45, 2.75) is 71.1 Å². The molecule has 14 heteroatoms. The van der Waals surface area contributed by atoms with Gasteiger partial charge in [0.15, 0.2) is 0 Å². The van der Waals surface area contributed by atoms with E-state index >= 15 is 0 Å². The van der Waals surface area contributed by atoms with E-state index in [2.05, 4.69) is 21.3 Å². The number of carbonyl (C=O) groups excluding carboxylic acids is 7. The van der Waals surface area contributed by atoms with Gasteiger partial charge in [0.1, 0.15) is 18.7 Å². The molecule has 0 radical (unpaired) electrons. The third kappa shape index (κ3) is 12.3. The van der Waals surface area contributed by atoms with Crippen molar-refractivity contribution in [2.75, 3.05) is 18.4 Å². The lowest BCUT2D eigenvalue weighted by atomic mass is 10.0. The maximum absolute atomic E-state index is 13.2. The predicted octanol–water partition coefficient (Wildman–Crippen LogP) is 0.858. The molecule has 1 aromatic carbocycles. The van der Waals surface area contributed by atoms with Crippen molar-refractivity contribution in [1.82, 2.24) is 20.9 Å². The van der Waals surface area contributed by atoms with Crippen LogP contribution in [-0.2, 0) is 40.1 Å². The number of carbonyl (C=O) groups is 7. The second kappa shape index (κ2) is 17.9. The minimum atomic E-state index is -0.983. The average molecular weight is 601 g/mol. The molecule has 0 unspecified atom stereocenters. The second-order valence-corrected chi connectivity index (χ2v) is 10.3. The zero-order valence-corrected chi connectivity index (χ0v) is 24.4. The molecule has 0 aliphatic carbocycles. The molecule has 2 rings (SSSR count). The number of anilines is 1. The minimum absolute atomic E-state index is 0.0872. The van der Waals surface area contributed by atoms with Gasteiger partial charge in [-0.3, -0.25) is 33.7 Å². The first-order chi connectivity index (χ1) is 20.5. The average Bonchev–Trinajstić information content (AvgIpc) is 3.28. The van der Waals surface area contributed by atoms with Crippen LogP contribution in [0.15, 0.2) is 36.4 Å². The lowest BCUT2D eigenvalue weighted by Gasteiger charge is -2.25. The lowest BCUT2D eigenvalue weighted by molar-refractivity contribution is -0.137. The Kier molecular flexibility index (Phi) is 14.4. The Morgan fingerprint density at radius 1 is 0.930 bits per heavy atom. The monoisotopic (exact) mass is 600 g/mol. The van der Waals surface area contributed by atoms with Crippen LogP contribution in [0, 0.1) is 5.92 Å². The summed E-state index contributed by atoms with van der Waals surface area (Å²) in [6.07, 6.45) is 4.78. The number of nitrogens with two attached hydrogens (primary N) is 1. The van der Waals surface area contributed by atoms with E-state index in [9.17, 15) is 33.6 Å². The van der Waals surface area contributed by atoms with E-state index in [0.29, 0.717) is 37.8 Å². The van der Waals surface area contributed by atoms with Gasteiger partial charge in [-0.15, -0.1) is 0 Å². The molecule has 0 spiro atoms. The van der Waals surface area contributed by atoms with E-state index < -0.39 is 29.9 Å². The normalized spacial score (nSPS) is 13.8. The largest absolute Gasteiger partial charge is 0.463 e. The number of urea groups is 1. The molecule has 1 aromatic rings. The SMILES string of the molecule is CC(C)[C@@H](NC(=O)CCCCCN1C(=O)C=CC1=O)C(=O)N[C@H](CCCNC(N)=O)C(=O)Nc1ccc(COC=O)cc1. The van der Waals surface area contributed by atoms with Crippen LogP contribution in [0.25, 0.3) is 0 Å². The van der Waals surface area contributed by atoms with E-state index in [-0.39, 0.29) is 56.2 Å². The highest BCUT2D eigenvalue weighted by Gasteiger charge is 2.29. The first kappa shape index (κ1) is 34.5. The molecule has 0 bridgehead atoms. The third-order valence-electron chi connectivity index (χ3n) is 6.59. The number of hydrogen-bond acceptors (Lipinski definition) is 8. The zero-order chi connectivity index (χ0) is 31.8. The zero-order valence-electron chi connectivity index (χ0n) is 24.4. The summed E-state index contributed by atoms with van der Waals surface area (Å²) in [6.45, 7) is 4.44. The van der Waals surface area contributed by atoms with Crippen molar-refractivity contribution in [3.8, 4) is 0 Å². The number of nitrogens with one attached hydrogen (secondary N) is 4. The molecule has 1 aliphatic rings. The number of imide groups is 1. The summed E-state index contributed by atoms with van der Waals surface area (Å²) < 4.78 is 4.71. The molecule has 0 saturated carbocycles. The van der Waals surface area contributed by atoms with Crippen LogP contribution in [-0.4, -0.2) is 72.1 Å². The van der Waals surface area contributed by atoms with Crippen LogP contribution < -0.4 is 27.0 Å². The van der Waals surface area contributed by atoms with Gasteiger partial charge in [-0.25, -0.2) is 4.79 Å². The van der Waals surface area contributed by atoms with Crippen LogP contribution >= 0.6 is 0 Å². The topological polar surface area (TPSA) is 206 Å². The number of benzene rings is 1. The predicted molar refractivity (Wildman–Crippen MR) is 156 cm³/mol. The van der Waals surface area contributed by atoms with Gasteiger partial charge in [0, 0.05) is 37.3 Å². The highest BCUT2D eigenvalue weighted by molar-refractivity contribution is 6.12. The fourth-order valence-corrected chi connectivity index (χ4v) is 4.26. The summed E-state index contributed by atoms with van der Waals surface area (Å²) in [5.41, 5.74) is 6.28. The van der Waals surface area contributed by atoms with Crippen molar-refractivity contribution < 1.29 is 38.3 Å². The Balaban J connectivity index is 1.93. The van der Waals surface area contributed by atoms with Crippen LogP contribution in [0.3, 0.4) is 0 Å². The standard InChI is InChI=1S/C29H40N6O8/c1-19(2)26(34-23(37)8-4-3-5-16-35-24(38)13-14-25(35)39)28(41)33-22(7-6-15-31-29(30)42)27(40)32-21-11-9-20(10-12-21)17-43-18-36/h9-14,18-19,22,26H,3-8,15-17H2,1-2H3,(H,32,40)(H,33,41)(H,34,37)(H3,30,31,42)/t22-,26-/m1/s1. The molecule has 6 N–H and O–H groups in total. The van der Waals surface area contributed by atoms with Crippen molar-refractivity contribution >= 4 is 47.7 Å². The summed E-state index contributed by atoms with van der Waals surface area (Å²) in [6, 6.07) is 4.01. The Morgan fingerprint density at radius 2 is 1.60 bits per heavy atom. The highest BCUT2D eigenvalue weighted by Crippen LogP contribution is 2.13. The minimum Gasteiger partial charge on any atom is -0.463 e. The molecule has 1 heterocycles. The summed E-state index contributed by atoms with van der Waals surface area (Å²) in [7, 11) is 0. The molecule has 2 atom stereocenters. The van der Waals surface area contributed by atoms with E-state index in [4.69, 9.17) is 10.5 Å². The summed E-state index contributed by atoms with van der Waals surface area (Å²) in [5.74, 6) is -2.35. The molecule has 14 nitrogen and oxygen atoms in total. The van der Waals surface area contributed by atoms with Gasteiger partial charge in [-0.05, 0) is 49.3 Å². The van der Waals surface area contributed by atoms with Crippen LogP contribution in [0.5, 0.6) is 0 Å². The molecular weight excluding hydrogens is 560 g/mol. The third-order valence-corrected chi connectivity index (χ3v) is 6.59. The lowest BCUT2D eigenvalue weighted by Crippen LogP contribution is -2.54. The van der Waals surface area contributed by atoms with E-state index in [1.165, 1.54) is 12.2 Å². The van der Waals surface area contributed by atoms with Gasteiger partial charge in [0.25, 0.3) is 18.3 Å². The Labute approximate surface area is 250 Å². The summed E-state index contributed by atoms with van der Waals surface area (Å²) in [4.78, 5) is 84.8. The highest BCUT2D eigenvalue weighted by atomic mass is 16.5. The van der Waals surface area contributed by atoms with Gasteiger partial charge >= 0.3 is 6.03 Å². The Hall–Kier alpha value is -4.75. The summed E-state index contributed by atoms with van der Waals surface area (Å²) >= 11 is 0. The van der Waals surface area contributed by atoms with E-state index in [1.54, 1.807) is 38.1 Å². The first-order valence-corrected chi connectivity index (χ1v) is 14.1. The Bertz CT molecular complexity index is 1170. The summed E-state index contributed by atoms with van der Waals surface area (Å²) in [5, 5.41) is 10.6. The van der Waals surface area contributed by atoms with E-state index in [1.807, 2.05) is 0 Å². The molecule has 0 fully saturated rings. The second-order valence-electron chi connectivity index (χ2n) is 10.3. The molecule has 43 heavy (non-hydrogen) atoms. The van der Waals surface area contributed by atoms with Crippen molar-refractivity contribution in [3.63, 3.8) is 0 Å². The van der Waals surface area contributed by atoms with E-state index in [0.717, 1.165) is 10.5 Å². The number of rotatable bonds is 19. The number of ether oxygens (including phenoxy) is 1. The number of unbranched alkanes of at least 4 members (excludes halogenated alkanes) is 2. The number of amides is 7. The van der Waals surface area contributed by atoms with Gasteiger partial charge in [-0.2, -0.15) is 0 Å². The molecular formula is C29H40N6O8. The van der Waals surface area contributed by atoms with Gasteiger partial charge < -0.3 is 31.7 Å². The molecule has 0 aromatic heterocycles. The van der Waals surface area contributed by atoms with Crippen molar-refractivity contribution in [2.24, 2.45) is 11.7 Å². The number of primary amides is 1. The fourth-order valence-electron chi connectivity index (χ4n) is 4.26. The molecule has 7 amide bonds. The number of hydrogen-bond donors (Lipinski definition) is 5. The number of nitrogens with zero attached hydrogens (tertiary/aromatic N) is 1. The van der Waals surface area contributed by atoms with Gasteiger partial charge in [0.05, 0.1) is 0 Å². The Morgan fingerprint density at radius 3 is 2.21 bits per heavy atom. The maximum Gasteiger partial charge on any atom is 0.312 e. The van der Waals surface area contributed by atoms with Crippen LogP contribution in [0.1, 0.15) is 57.9 Å².